The van der Waals surface area contributed by atoms with E-state index in [9.17, 15) is 23.9 Å². The number of phenols is 1. The SMILES string of the molecule is COc1cc(/C=C(\C#N)C(=O)Nc2ccc(SC(F)F)cc2)cc(Cl)c1O. The quantitative estimate of drug-likeness (QED) is 0.401. The van der Waals surface area contributed by atoms with Crippen molar-refractivity contribution in [1.82, 2.24) is 0 Å². The summed E-state index contributed by atoms with van der Waals surface area (Å²) in [7, 11) is 1.34. The van der Waals surface area contributed by atoms with Gasteiger partial charge < -0.3 is 15.2 Å². The van der Waals surface area contributed by atoms with E-state index in [4.69, 9.17) is 16.3 Å². The Bertz CT molecular complexity index is 912. The number of nitrogens with zero attached hydrogens (tertiary/aromatic N) is 1. The van der Waals surface area contributed by atoms with Gasteiger partial charge in [0.2, 0.25) is 0 Å². The van der Waals surface area contributed by atoms with Crippen molar-refractivity contribution < 1.29 is 23.4 Å². The lowest BCUT2D eigenvalue weighted by Gasteiger charge is -2.08. The highest BCUT2D eigenvalue weighted by Gasteiger charge is 2.13. The molecule has 0 aliphatic rings. The molecule has 0 saturated heterocycles. The van der Waals surface area contributed by atoms with Gasteiger partial charge in [-0.3, -0.25) is 4.79 Å². The maximum absolute atomic E-state index is 12.3. The van der Waals surface area contributed by atoms with E-state index >= 15 is 0 Å². The Labute approximate surface area is 163 Å². The average molecular weight is 411 g/mol. The molecule has 0 atom stereocenters. The summed E-state index contributed by atoms with van der Waals surface area (Å²) in [5.74, 6) is -3.37. The third-order valence-corrected chi connectivity index (χ3v) is 4.29. The van der Waals surface area contributed by atoms with Crippen molar-refractivity contribution in [2.75, 3.05) is 12.4 Å². The minimum Gasteiger partial charge on any atom is -0.503 e. The number of phenolic OH excluding ortho intramolecular Hbond substituents is 1. The first-order valence-corrected chi connectivity index (χ1v) is 8.64. The number of amides is 1. The van der Waals surface area contributed by atoms with E-state index in [0.717, 1.165) is 0 Å². The van der Waals surface area contributed by atoms with Crippen LogP contribution in [-0.2, 0) is 4.79 Å². The fourth-order valence-electron chi connectivity index (χ4n) is 2.07. The van der Waals surface area contributed by atoms with Gasteiger partial charge in [-0.1, -0.05) is 23.4 Å². The van der Waals surface area contributed by atoms with Crippen molar-refractivity contribution in [3.8, 4) is 17.6 Å². The number of rotatable bonds is 6. The molecule has 27 heavy (non-hydrogen) atoms. The van der Waals surface area contributed by atoms with E-state index in [0.29, 0.717) is 27.9 Å². The van der Waals surface area contributed by atoms with Crippen molar-refractivity contribution in [3.05, 3.63) is 52.6 Å². The van der Waals surface area contributed by atoms with Gasteiger partial charge >= 0.3 is 0 Å². The maximum atomic E-state index is 12.3. The molecule has 0 saturated carbocycles. The average Bonchev–Trinajstić information content (AvgIpc) is 2.63. The molecule has 0 spiro atoms. The normalized spacial score (nSPS) is 11.2. The second-order valence-electron chi connectivity index (χ2n) is 5.08. The number of carbonyl (C=O) groups excluding carboxylic acids is 1. The number of halogens is 3. The molecule has 0 bridgehead atoms. The Morgan fingerprint density at radius 2 is 2.04 bits per heavy atom. The van der Waals surface area contributed by atoms with Crippen LogP contribution < -0.4 is 10.1 Å². The van der Waals surface area contributed by atoms with Crippen LogP contribution in [0.15, 0.2) is 46.9 Å². The first kappa shape index (κ1) is 20.6. The van der Waals surface area contributed by atoms with Crippen LogP contribution in [0.1, 0.15) is 5.56 Å². The van der Waals surface area contributed by atoms with Gasteiger partial charge in [0.25, 0.3) is 11.7 Å². The van der Waals surface area contributed by atoms with Crippen molar-refractivity contribution in [3.63, 3.8) is 0 Å². The van der Waals surface area contributed by atoms with Gasteiger partial charge in [-0.05, 0) is 48.0 Å². The summed E-state index contributed by atoms with van der Waals surface area (Å²) >= 11 is 6.28. The molecule has 140 valence electrons. The summed E-state index contributed by atoms with van der Waals surface area (Å²) < 4.78 is 29.6. The van der Waals surface area contributed by atoms with E-state index in [-0.39, 0.29) is 22.1 Å². The number of hydrogen-bond acceptors (Lipinski definition) is 5. The highest BCUT2D eigenvalue weighted by molar-refractivity contribution is 7.99. The van der Waals surface area contributed by atoms with Crippen LogP contribution in [0.4, 0.5) is 14.5 Å². The zero-order valence-electron chi connectivity index (χ0n) is 13.9. The molecule has 2 aromatic rings. The van der Waals surface area contributed by atoms with Crippen LogP contribution in [0.25, 0.3) is 6.08 Å². The predicted octanol–water partition coefficient (Wildman–Crippen LogP) is 4.91. The molecule has 0 aromatic heterocycles. The minimum absolute atomic E-state index is 0.00502. The van der Waals surface area contributed by atoms with Gasteiger partial charge in [0, 0.05) is 10.6 Å². The fourth-order valence-corrected chi connectivity index (χ4v) is 2.78. The summed E-state index contributed by atoms with van der Waals surface area (Å²) in [4.78, 5) is 12.6. The zero-order valence-corrected chi connectivity index (χ0v) is 15.4. The molecule has 0 aliphatic heterocycles. The lowest BCUT2D eigenvalue weighted by molar-refractivity contribution is -0.112. The van der Waals surface area contributed by atoms with Crippen LogP contribution in [0.5, 0.6) is 11.5 Å². The topological polar surface area (TPSA) is 82.3 Å². The molecule has 0 heterocycles. The first-order chi connectivity index (χ1) is 12.8. The molecule has 9 heteroatoms. The number of benzene rings is 2. The standard InChI is InChI=1S/C18H13ClF2N2O3S/c1-26-15-8-10(7-14(19)16(15)24)6-11(9-22)17(25)23-12-2-4-13(5-3-12)27-18(20)21/h2-8,18,24H,1H3,(H,23,25)/b11-6+. The summed E-state index contributed by atoms with van der Waals surface area (Å²) in [6.45, 7) is 0. The molecular formula is C18H13ClF2N2O3S. The van der Waals surface area contributed by atoms with E-state index in [2.05, 4.69) is 5.32 Å². The van der Waals surface area contributed by atoms with Crippen LogP contribution >= 0.6 is 23.4 Å². The minimum atomic E-state index is -2.53. The van der Waals surface area contributed by atoms with Crippen LogP contribution in [-0.4, -0.2) is 23.9 Å². The van der Waals surface area contributed by atoms with Gasteiger partial charge in [-0.15, -0.1) is 0 Å². The van der Waals surface area contributed by atoms with E-state index in [1.165, 1.54) is 49.6 Å². The molecule has 5 nitrogen and oxygen atoms in total. The van der Waals surface area contributed by atoms with Crippen LogP contribution in [0.2, 0.25) is 5.02 Å². The Kier molecular flexibility index (Phi) is 7.05. The third kappa shape index (κ3) is 5.61. The maximum Gasteiger partial charge on any atom is 0.288 e. The van der Waals surface area contributed by atoms with E-state index < -0.39 is 11.7 Å². The summed E-state index contributed by atoms with van der Waals surface area (Å²) in [5.41, 5.74) is 0.510. The van der Waals surface area contributed by atoms with Crippen molar-refractivity contribution in [1.29, 1.82) is 5.26 Å². The molecular weight excluding hydrogens is 398 g/mol. The Morgan fingerprint density at radius 1 is 1.37 bits per heavy atom. The number of anilines is 1. The summed E-state index contributed by atoms with van der Waals surface area (Å²) in [6.07, 6.45) is 1.28. The molecule has 2 aromatic carbocycles. The Balaban J connectivity index is 2.20. The zero-order chi connectivity index (χ0) is 20.0. The highest BCUT2D eigenvalue weighted by atomic mass is 35.5. The number of hydrogen-bond donors (Lipinski definition) is 2. The van der Waals surface area contributed by atoms with Crippen molar-refractivity contribution in [2.45, 2.75) is 10.7 Å². The number of carbonyl (C=O) groups is 1. The highest BCUT2D eigenvalue weighted by Crippen LogP contribution is 2.35. The summed E-state index contributed by atoms with van der Waals surface area (Å²) in [6, 6.07) is 10.4. The molecule has 0 radical (unpaired) electrons. The third-order valence-electron chi connectivity index (χ3n) is 3.28. The van der Waals surface area contributed by atoms with Gasteiger partial charge in [0.05, 0.1) is 12.1 Å². The first-order valence-electron chi connectivity index (χ1n) is 7.38. The number of nitrogens with one attached hydrogen (secondary N) is 1. The van der Waals surface area contributed by atoms with Crippen molar-refractivity contribution in [2.24, 2.45) is 0 Å². The smallest absolute Gasteiger partial charge is 0.288 e. The largest absolute Gasteiger partial charge is 0.503 e. The summed E-state index contributed by atoms with van der Waals surface area (Å²) in [5, 5.41) is 21.5. The molecule has 0 aliphatic carbocycles. The molecule has 0 fully saturated rings. The van der Waals surface area contributed by atoms with Crippen LogP contribution in [0, 0.1) is 11.3 Å². The lowest BCUT2D eigenvalue weighted by Crippen LogP contribution is -2.13. The Hall–Kier alpha value is -2.76. The lowest BCUT2D eigenvalue weighted by atomic mass is 10.1. The van der Waals surface area contributed by atoms with E-state index in [1.54, 1.807) is 6.07 Å². The number of nitriles is 1. The predicted molar refractivity (Wildman–Crippen MR) is 100 cm³/mol. The van der Waals surface area contributed by atoms with Crippen molar-refractivity contribution >= 4 is 41.0 Å². The Morgan fingerprint density at radius 3 is 2.59 bits per heavy atom. The molecule has 0 unspecified atom stereocenters. The van der Waals surface area contributed by atoms with E-state index in [1.807, 2.05) is 0 Å². The van der Waals surface area contributed by atoms with Gasteiger partial charge in [0.15, 0.2) is 11.5 Å². The number of aromatic hydroxyl groups is 1. The number of thioether (sulfide) groups is 1. The van der Waals surface area contributed by atoms with Gasteiger partial charge in [-0.2, -0.15) is 14.0 Å². The number of ether oxygens (including phenoxy) is 1. The second-order valence-corrected chi connectivity index (χ2v) is 6.55. The molecule has 1 amide bonds. The number of methoxy groups -OCH3 is 1. The van der Waals surface area contributed by atoms with Crippen LogP contribution in [0.3, 0.4) is 0 Å². The van der Waals surface area contributed by atoms with Gasteiger partial charge in [-0.25, -0.2) is 0 Å². The second kappa shape index (κ2) is 9.26. The number of alkyl halides is 2. The molecule has 2 N–H and O–H groups in total. The monoisotopic (exact) mass is 410 g/mol. The molecule has 2 rings (SSSR count). The van der Waals surface area contributed by atoms with Gasteiger partial charge in [0.1, 0.15) is 11.6 Å². The fraction of sp³-hybridized carbons (Fsp3) is 0.111.